The Balaban J connectivity index is 3.42. The van der Waals surface area contributed by atoms with Gasteiger partial charge in [0, 0.05) is 19.5 Å². The number of hydrogen-bond donors (Lipinski definition) is 16. The second-order valence-electron chi connectivity index (χ2n) is 22.2. The Hall–Kier alpha value is -7.21. The van der Waals surface area contributed by atoms with Crippen LogP contribution in [0.25, 0.3) is 0 Å². The molecule has 466 valence electrons. The van der Waals surface area contributed by atoms with E-state index in [1.807, 2.05) is 0 Å². The molecule has 0 aliphatic carbocycles. The van der Waals surface area contributed by atoms with Crippen molar-refractivity contribution < 1.29 is 78.0 Å². The Morgan fingerprint density at radius 3 is 1.56 bits per heavy atom. The third kappa shape index (κ3) is 26.1. The van der Waals surface area contributed by atoms with E-state index in [0.717, 1.165) is 11.8 Å². The molecule has 0 aromatic heterocycles. The smallest absolute Gasteiger partial charge is 0.326 e. The number of unbranched alkanes of at least 4 members (excludes halogenated alkanes) is 1. The molecule has 0 unspecified atom stereocenters. The molecule has 11 atom stereocenters. The summed E-state index contributed by atoms with van der Waals surface area (Å²) in [5, 5.41) is 59.6. The summed E-state index contributed by atoms with van der Waals surface area (Å²) >= 11 is 0. The Morgan fingerprint density at radius 2 is 1.04 bits per heavy atom. The molecule has 0 spiro atoms. The van der Waals surface area contributed by atoms with Gasteiger partial charge in [-0.3, -0.25) is 57.7 Å². The summed E-state index contributed by atoms with van der Waals surface area (Å²) in [7, 11) is 0. The van der Waals surface area contributed by atoms with Crippen molar-refractivity contribution in [2.45, 2.75) is 206 Å². The number of aliphatic hydroxyl groups is 1. The zero-order valence-electron chi connectivity index (χ0n) is 48.7. The van der Waals surface area contributed by atoms with Crippen molar-refractivity contribution in [3.8, 4) is 0 Å². The average molecular weight is 1170 g/mol. The van der Waals surface area contributed by atoms with Crippen molar-refractivity contribution in [1.29, 1.82) is 0 Å². The number of nitrogens with two attached hydrogens (primary N) is 4. The van der Waals surface area contributed by atoms with Crippen LogP contribution >= 0.6 is 0 Å². The van der Waals surface area contributed by atoms with Gasteiger partial charge in [-0.1, -0.05) is 61.8 Å². The SMILES string of the molecule is CC(C)C[C@H](NC(=O)[C@H](CC(C)C)NC(=O)[C@@H](NC(=O)[C@H](CCC(=O)O)NC(=O)[C@@H]1CCCN1C(=O)[C@@H](NC(=O)[C@@H](NC(=O)[C@H](CC(=O)O)NC(=O)[C@H](CCCN=C(N)N)NC(=O)[C@@H](N)CCCCN)[C@@H](C)O)C(C)C)C(C)C)C(=O)O. The molecule has 20 N–H and O–H groups in total. The number of hydrogen-bond acceptors (Lipinski definition) is 16. The minimum Gasteiger partial charge on any atom is -0.481 e. The van der Waals surface area contributed by atoms with Gasteiger partial charge < -0.3 is 90.8 Å². The number of aliphatic imine (C=N–C) groups is 1. The summed E-state index contributed by atoms with van der Waals surface area (Å²) in [5.74, 6) is -14.4. The van der Waals surface area contributed by atoms with E-state index >= 15 is 0 Å². The van der Waals surface area contributed by atoms with Gasteiger partial charge in [-0.25, -0.2) is 4.79 Å². The maximum Gasteiger partial charge on any atom is 0.326 e. The first-order valence-corrected chi connectivity index (χ1v) is 27.8. The fraction of sp³-hybridized carbons (Fsp3) is 0.750. The number of aliphatic hydroxyl groups excluding tert-OH is 1. The largest absolute Gasteiger partial charge is 0.481 e. The maximum absolute atomic E-state index is 14.4. The maximum atomic E-state index is 14.4. The van der Waals surface area contributed by atoms with Crippen LogP contribution in [-0.4, -0.2) is 189 Å². The first-order valence-electron chi connectivity index (χ1n) is 27.8. The molecule has 1 aliphatic rings. The van der Waals surface area contributed by atoms with E-state index in [1.54, 1.807) is 55.4 Å². The van der Waals surface area contributed by atoms with Gasteiger partial charge in [0.2, 0.25) is 53.2 Å². The Labute approximate surface area is 478 Å². The van der Waals surface area contributed by atoms with E-state index in [1.165, 1.54) is 0 Å². The summed E-state index contributed by atoms with van der Waals surface area (Å²) in [6.07, 6.45) is -1.99. The predicted octanol–water partition coefficient (Wildman–Crippen LogP) is -3.43. The summed E-state index contributed by atoms with van der Waals surface area (Å²) in [4.78, 5) is 165. The third-order valence-corrected chi connectivity index (χ3v) is 13.2. The highest BCUT2D eigenvalue weighted by Gasteiger charge is 2.42. The summed E-state index contributed by atoms with van der Waals surface area (Å²) in [6, 6.07) is -14.3. The topological polar surface area (TPSA) is 502 Å². The zero-order valence-corrected chi connectivity index (χ0v) is 48.7. The number of nitrogens with one attached hydrogen (secondary N) is 8. The van der Waals surface area contributed by atoms with Crippen LogP contribution in [0.15, 0.2) is 4.99 Å². The van der Waals surface area contributed by atoms with Crippen molar-refractivity contribution in [2.75, 3.05) is 19.6 Å². The molecule has 82 heavy (non-hydrogen) atoms. The van der Waals surface area contributed by atoms with Gasteiger partial charge in [-0.2, -0.15) is 0 Å². The van der Waals surface area contributed by atoms with Crippen LogP contribution in [0, 0.1) is 23.7 Å². The molecule has 0 aromatic carbocycles. The van der Waals surface area contributed by atoms with Crippen LogP contribution in [-0.2, 0) is 57.5 Å². The standard InChI is InChI=1S/C52H92N14O16/c1-25(2)22-33(45(75)62-35(51(81)82)23-26(3)4)61-48(78)39(27(5)6)63-44(74)32(17-18-37(68)69)59-47(77)36-16-13-21-66(36)50(80)40(28(7)8)64-49(79)41(29(9)67)65-46(76)34(24-38(70)71)60-43(73)31(15-12-20-57-52(55)56)58-42(72)30(54)14-10-11-19-53/h25-36,39-41,67H,10-24,53-54H2,1-9H3,(H,58,72)(H,59,77)(H,60,73)(H,61,78)(H,62,75)(H,63,74)(H,64,79)(H,65,76)(H,68,69)(H,70,71)(H,81,82)(H4,55,56,57)/t29-,30+,31+,32+,33+,34+,35+,36+,39+,40+,41+/m1/s1. The Bertz CT molecular complexity index is 2230. The van der Waals surface area contributed by atoms with E-state index < -0.39 is 169 Å². The van der Waals surface area contributed by atoms with Gasteiger partial charge in [-0.15, -0.1) is 0 Å². The first-order chi connectivity index (χ1) is 38.2. The lowest BCUT2D eigenvalue weighted by Crippen LogP contribution is -2.62. The number of carboxylic acids is 3. The zero-order chi connectivity index (χ0) is 62.7. The molecule has 1 saturated heterocycles. The molecule has 1 aliphatic heterocycles. The van der Waals surface area contributed by atoms with Crippen LogP contribution in [0.3, 0.4) is 0 Å². The minimum atomic E-state index is -1.90. The van der Waals surface area contributed by atoms with Crippen molar-refractivity contribution in [3.63, 3.8) is 0 Å². The monoisotopic (exact) mass is 1170 g/mol. The van der Waals surface area contributed by atoms with Gasteiger partial charge in [-0.05, 0) is 94.9 Å². The van der Waals surface area contributed by atoms with Gasteiger partial charge in [0.25, 0.3) is 0 Å². The fourth-order valence-electron chi connectivity index (χ4n) is 8.77. The van der Waals surface area contributed by atoms with Crippen LogP contribution in [0.1, 0.15) is 139 Å². The van der Waals surface area contributed by atoms with Gasteiger partial charge >= 0.3 is 17.9 Å². The number of carbonyl (C=O) groups is 12. The third-order valence-electron chi connectivity index (χ3n) is 13.2. The van der Waals surface area contributed by atoms with E-state index in [4.69, 9.17) is 22.9 Å². The highest BCUT2D eigenvalue weighted by molar-refractivity contribution is 5.99. The molecular formula is C52H92N14O16. The minimum absolute atomic E-state index is 0.0290. The van der Waals surface area contributed by atoms with Gasteiger partial charge in [0.1, 0.15) is 54.4 Å². The molecule has 1 heterocycles. The lowest BCUT2D eigenvalue weighted by molar-refractivity contribution is -0.144. The van der Waals surface area contributed by atoms with Crippen molar-refractivity contribution >= 4 is 77.0 Å². The molecule has 30 nitrogen and oxygen atoms in total. The Morgan fingerprint density at radius 1 is 0.549 bits per heavy atom. The van der Waals surface area contributed by atoms with Crippen molar-refractivity contribution in [3.05, 3.63) is 0 Å². The number of guanidine groups is 1. The number of carboxylic acid groups (broad SMARTS) is 3. The number of amides is 9. The summed E-state index contributed by atoms with van der Waals surface area (Å²) in [6.45, 7) is 14.9. The number of carbonyl (C=O) groups excluding carboxylic acids is 9. The molecule has 0 bridgehead atoms. The lowest BCUT2D eigenvalue weighted by Gasteiger charge is -2.33. The molecule has 0 aromatic rings. The van der Waals surface area contributed by atoms with E-state index in [-0.39, 0.29) is 75.8 Å². The second-order valence-corrected chi connectivity index (χ2v) is 22.2. The summed E-state index contributed by atoms with van der Waals surface area (Å²) < 4.78 is 0. The highest BCUT2D eigenvalue weighted by atomic mass is 16.4. The van der Waals surface area contributed by atoms with Crippen LogP contribution in [0.4, 0.5) is 0 Å². The molecule has 1 fully saturated rings. The molecule has 0 saturated carbocycles. The molecular weight excluding hydrogens is 1080 g/mol. The number of nitrogens with zero attached hydrogens (tertiary/aromatic N) is 2. The number of likely N-dealkylation sites (tertiary alicyclic amines) is 1. The van der Waals surface area contributed by atoms with E-state index in [0.29, 0.717) is 19.4 Å². The predicted molar refractivity (Wildman–Crippen MR) is 298 cm³/mol. The first kappa shape index (κ1) is 72.8. The molecule has 0 radical (unpaired) electrons. The van der Waals surface area contributed by atoms with Crippen LogP contribution < -0.4 is 65.5 Å². The number of aliphatic carboxylic acids is 3. The summed E-state index contributed by atoms with van der Waals surface area (Å²) in [5.41, 5.74) is 22.4. The van der Waals surface area contributed by atoms with Gasteiger partial charge in [0.15, 0.2) is 5.96 Å². The quantitative estimate of drug-likeness (QED) is 0.0163. The fourth-order valence-corrected chi connectivity index (χ4v) is 8.77. The van der Waals surface area contributed by atoms with Crippen molar-refractivity contribution in [1.82, 2.24) is 47.4 Å². The van der Waals surface area contributed by atoms with Crippen molar-refractivity contribution in [2.24, 2.45) is 51.6 Å². The molecule has 9 amide bonds. The lowest BCUT2D eigenvalue weighted by atomic mass is 9.98. The van der Waals surface area contributed by atoms with E-state index in [9.17, 15) is 78.0 Å². The molecule has 30 heteroatoms. The van der Waals surface area contributed by atoms with Crippen LogP contribution in [0.2, 0.25) is 0 Å². The normalized spacial score (nSPS) is 16.9. The van der Waals surface area contributed by atoms with Crippen LogP contribution in [0.5, 0.6) is 0 Å². The van der Waals surface area contributed by atoms with E-state index in [2.05, 4.69) is 47.5 Å². The highest BCUT2D eigenvalue weighted by Crippen LogP contribution is 2.22. The van der Waals surface area contributed by atoms with Gasteiger partial charge in [0.05, 0.1) is 18.6 Å². The number of rotatable bonds is 38. The average Bonchev–Trinajstić information content (AvgIpc) is 3.90. The Kier molecular flexibility index (Phi) is 32.2. The molecule has 1 rings (SSSR count). The second kappa shape index (κ2) is 36.3.